The standard InChI is InChI=1S/C31H29N3O3/c1-31(2,24-11-7-4-8-12-24)25-13-15-27(16-14-25)36-22-28-17-18-29(37-28)30(35)33-26-19-32-34(21-26)20-23-9-5-3-6-10-23/h3-19,21H,20,22H2,1-2H3,(H,33,35). The SMILES string of the molecule is CC(C)(c1ccccc1)c1ccc(OCc2ccc(C(=O)Nc3cnn(Cc4ccccc4)c3)o2)cc1. The number of ether oxygens (including phenoxy) is 1. The molecule has 6 nitrogen and oxygen atoms in total. The molecule has 0 spiro atoms. The second kappa shape index (κ2) is 10.6. The van der Waals surface area contributed by atoms with Gasteiger partial charge in [-0.15, -0.1) is 0 Å². The summed E-state index contributed by atoms with van der Waals surface area (Å²) < 4.78 is 13.4. The molecule has 0 fully saturated rings. The van der Waals surface area contributed by atoms with Crippen molar-refractivity contribution in [1.29, 1.82) is 0 Å². The lowest BCUT2D eigenvalue weighted by atomic mass is 9.78. The van der Waals surface area contributed by atoms with Gasteiger partial charge >= 0.3 is 0 Å². The first kappa shape index (κ1) is 24.1. The van der Waals surface area contributed by atoms with Crippen LogP contribution in [0.2, 0.25) is 0 Å². The average Bonchev–Trinajstić information content (AvgIpc) is 3.58. The van der Waals surface area contributed by atoms with Crippen molar-refractivity contribution < 1.29 is 13.9 Å². The predicted molar refractivity (Wildman–Crippen MR) is 144 cm³/mol. The molecule has 186 valence electrons. The molecule has 0 aliphatic heterocycles. The number of nitrogens with one attached hydrogen (secondary N) is 1. The lowest BCUT2D eigenvalue weighted by Gasteiger charge is -2.26. The van der Waals surface area contributed by atoms with E-state index in [-0.39, 0.29) is 23.7 Å². The third-order valence-corrected chi connectivity index (χ3v) is 6.42. The van der Waals surface area contributed by atoms with E-state index in [2.05, 4.69) is 60.7 Å². The number of amides is 1. The average molecular weight is 492 g/mol. The van der Waals surface area contributed by atoms with E-state index in [1.165, 1.54) is 11.1 Å². The van der Waals surface area contributed by atoms with Crippen LogP contribution in [0, 0.1) is 0 Å². The highest BCUT2D eigenvalue weighted by Gasteiger charge is 2.22. The molecule has 5 rings (SSSR count). The van der Waals surface area contributed by atoms with Gasteiger partial charge in [-0.1, -0.05) is 86.6 Å². The van der Waals surface area contributed by atoms with Crippen molar-refractivity contribution in [2.24, 2.45) is 0 Å². The number of furan rings is 1. The molecule has 0 aliphatic rings. The van der Waals surface area contributed by atoms with E-state index in [0.717, 1.165) is 11.3 Å². The van der Waals surface area contributed by atoms with E-state index in [4.69, 9.17) is 9.15 Å². The van der Waals surface area contributed by atoms with Crippen LogP contribution in [-0.2, 0) is 18.6 Å². The van der Waals surface area contributed by atoms with Crippen LogP contribution >= 0.6 is 0 Å². The molecular weight excluding hydrogens is 462 g/mol. The van der Waals surface area contributed by atoms with Gasteiger partial charge in [-0.25, -0.2) is 0 Å². The number of carbonyl (C=O) groups excluding carboxylic acids is 1. The summed E-state index contributed by atoms with van der Waals surface area (Å²) in [4.78, 5) is 12.6. The van der Waals surface area contributed by atoms with Gasteiger partial charge in [0.15, 0.2) is 5.76 Å². The number of hydrogen-bond acceptors (Lipinski definition) is 4. The van der Waals surface area contributed by atoms with E-state index in [1.807, 2.05) is 48.5 Å². The maximum atomic E-state index is 12.6. The normalized spacial score (nSPS) is 11.3. The highest BCUT2D eigenvalue weighted by atomic mass is 16.5. The summed E-state index contributed by atoms with van der Waals surface area (Å²) in [5, 5.41) is 7.14. The summed E-state index contributed by atoms with van der Waals surface area (Å²) in [5.41, 5.74) is 4.09. The van der Waals surface area contributed by atoms with Crippen molar-refractivity contribution >= 4 is 11.6 Å². The smallest absolute Gasteiger partial charge is 0.291 e. The highest BCUT2D eigenvalue weighted by Crippen LogP contribution is 2.32. The topological polar surface area (TPSA) is 69.3 Å². The van der Waals surface area contributed by atoms with Gasteiger partial charge in [0.25, 0.3) is 5.91 Å². The molecule has 1 amide bonds. The molecule has 2 heterocycles. The van der Waals surface area contributed by atoms with Crippen molar-refractivity contribution in [3.8, 4) is 5.75 Å². The molecule has 5 aromatic rings. The Balaban J connectivity index is 1.15. The maximum Gasteiger partial charge on any atom is 0.291 e. The first-order valence-electron chi connectivity index (χ1n) is 12.2. The largest absolute Gasteiger partial charge is 0.486 e. The number of hydrogen-bond donors (Lipinski definition) is 1. The number of carbonyl (C=O) groups is 1. The van der Waals surface area contributed by atoms with Crippen LogP contribution in [0.1, 0.15) is 46.9 Å². The van der Waals surface area contributed by atoms with Crippen LogP contribution in [0.15, 0.2) is 114 Å². The Kier molecular flexibility index (Phi) is 6.90. The first-order valence-corrected chi connectivity index (χ1v) is 12.2. The molecule has 0 bridgehead atoms. The van der Waals surface area contributed by atoms with Gasteiger partial charge in [-0.2, -0.15) is 5.10 Å². The van der Waals surface area contributed by atoms with Crippen molar-refractivity contribution in [1.82, 2.24) is 9.78 Å². The zero-order valence-electron chi connectivity index (χ0n) is 20.9. The fraction of sp³-hybridized carbons (Fsp3) is 0.161. The Hall–Kier alpha value is -4.58. The van der Waals surface area contributed by atoms with Crippen molar-refractivity contribution in [3.63, 3.8) is 0 Å². The van der Waals surface area contributed by atoms with Gasteiger partial charge in [0.2, 0.25) is 0 Å². The summed E-state index contributed by atoms with van der Waals surface area (Å²) in [6, 6.07) is 32.0. The van der Waals surface area contributed by atoms with Crippen LogP contribution in [-0.4, -0.2) is 15.7 Å². The van der Waals surface area contributed by atoms with Gasteiger partial charge in [0.1, 0.15) is 18.1 Å². The summed E-state index contributed by atoms with van der Waals surface area (Å²) in [5.74, 6) is 1.19. The summed E-state index contributed by atoms with van der Waals surface area (Å²) in [6.45, 7) is 5.28. The molecule has 0 saturated carbocycles. The monoisotopic (exact) mass is 491 g/mol. The van der Waals surface area contributed by atoms with E-state index < -0.39 is 0 Å². The molecule has 1 N–H and O–H groups in total. The van der Waals surface area contributed by atoms with Crippen LogP contribution in [0.4, 0.5) is 5.69 Å². The Bertz CT molecular complexity index is 1450. The van der Waals surface area contributed by atoms with Crippen LogP contribution < -0.4 is 10.1 Å². The van der Waals surface area contributed by atoms with Gasteiger partial charge in [-0.3, -0.25) is 9.48 Å². The minimum absolute atomic E-state index is 0.110. The maximum absolute atomic E-state index is 12.6. The second-order valence-electron chi connectivity index (χ2n) is 9.44. The second-order valence-corrected chi connectivity index (χ2v) is 9.44. The van der Waals surface area contributed by atoms with Crippen molar-refractivity contribution in [3.05, 3.63) is 138 Å². The number of anilines is 1. The van der Waals surface area contributed by atoms with Gasteiger partial charge < -0.3 is 14.5 Å². The zero-order chi connectivity index (χ0) is 25.7. The van der Waals surface area contributed by atoms with Crippen LogP contribution in [0.25, 0.3) is 0 Å². The van der Waals surface area contributed by atoms with Crippen molar-refractivity contribution in [2.45, 2.75) is 32.4 Å². The summed E-state index contributed by atoms with van der Waals surface area (Å²) in [6.07, 6.45) is 3.41. The number of benzene rings is 3. The van der Waals surface area contributed by atoms with Gasteiger partial charge in [0.05, 0.1) is 18.4 Å². The van der Waals surface area contributed by atoms with E-state index in [1.54, 1.807) is 29.2 Å². The molecule has 0 radical (unpaired) electrons. The summed E-state index contributed by atoms with van der Waals surface area (Å²) >= 11 is 0. The van der Waals surface area contributed by atoms with Crippen molar-refractivity contribution in [2.75, 3.05) is 5.32 Å². The van der Waals surface area contributed by atoms with E-state index in [9.17, 15) is 4.79 Å². The fourth-order valence-electron chi connectivity index (χ4n) is 4.20. The zero-order valence-corrected chi connectivity index (χ0v) is 20.9. The molecule has 0 unspecified atom stereocenters. The molecule has 0 aliphatic carbocycles. The van der Waals surface area contributed by atoms with Crippen LogP contribution in [0.3, 0.4) is 0 Å². The Morgan fingerprint density at radius 3 is 2.30 bits per heavy atom. The third kappa shape index (κ3) is 5.81. The van der Waals surface area contributed by atoms with Gasteiger partial charge in [0, 0.05) is 11.6 Å². The molecule has 37 heavy (non-hydrogen) atoms. The number of nitrogens with zero attached hydrogens (tertiary/aromatic N) is 2. The molecular formula is C31H29N3O3. The quantitative estimate of drug-likeness (QED) is 0.250. The Labute approximate surface area is 216 Å². The molecule has 0 atom stereocenters. The highest BCUT2D eigenvalue weighted by molar-refractivity contribution is 6.02. The van der Waals surface area contributed by atoms with E-state index in [0.29, 0.717) is 18.0 Å². The lowest BCUT2D eigenvalue weighted by Crippen LogP contribution is -2.18. The molecule has 3 aromatic carbocycles. The number of aromatic nitrogens is 2. The predicted octanol–water partition coefficient (Wildman–Crippen LogP) is 6.68. The lowest BCUT2D eigenvalue weighted by molar-refractivity contribution is 0.0992. The van der Waals surface area contributed by atoms with Gasteiger partial charge in [-0.05, 0) is 41.0 Å². The Morgan fingerprint density at radius 2 is 1.57 bits per heavy atom. The molecule has 2 aromatic heterocycles. The third-order valence-electron chi connectivity index (χ3n) is 6.42. The van der Waals surface area contributed by atoms with E-state index >= 15 is 0 Å². The fourth-order valence-corrected chi connectivity index (χ4v) is 4.20. The number of rotatable bonds is 9. The van der Waals surface area contributed by atoms with Crippen LogP contribution in [0.5, 0.6) is 5.75 Å². The summed E-state index contributed by atoms with van der Waals surface area (Å²) in [7, 11) is 0. The Morgan fingerprint density at radius 1 is 0.892 bits per heavy atom. The molecule has 6 heteroatoms. The minimum Gasteiger partial charge on any atom is -0.486 e. The molecule has 0 saturated heterocycles. The minimum atomic E-state index is -0.335. The first-order chi connectivity index (χ1) is 18.0.